The third kappa shape index (κ3) is 1.78. The second-order valence-electron chi connectivity index (χ2n) is 7.17. The normalized spacial score (nSPS) is 39.6. The average Bonchev–Trinajstić information content (AvgIpc) is 2.86. The molecule has 0 aromatic carbocycles. The summed E-state index contributed by atoms with van der Waals surface area (Å²) in [7, 11) is -3.50. The van der Waals surface area contributed by atoms with Crippen LogP contribution in [-0.2, 0) is 14.8 Å². The molecule has 4 nitrogen and oxygen atoms in total. The van der Waals surface area contributed by atoms with Crippen LogP contribution in [0.5, 0.6) is 0 Å². The van der Waals surface area contributed by atoms with E-state index in [1.165, 1.54) is 4.31 Å². The maximum absolute atomic E-state index is 12.7. The molecule has 1 spiro atoms. The Balaban J connectivity index is 2.07. The first-order valence-electron chi connectivity index (χ1n) is 7.49. The molecule has 3 rings (SSSR count). The molecular weight excluding hydrogens is 354 g/mol. The Morgan fingerprint density at radius 2 is 2.10 bits per heavy atom. The topological polar surface area (TPSA) is 54.5 Å². The second kappa shape index (κ2) is 4.57. The van der Waals surface area contributed by atoms with Crippen molar-refractivity contribution in [1.82, 2.24) is 4.31 Å². The molecule has 3 aliphatic rings. The van der Waals surface area contributed by atoms with E-state index in [0.29, 0.717) is 16.8 Å². The lowest BCUT2D eigenvalue weighted by Gasteiger charge is -2.37. The Morgan fingerprint density at radius 3 is 2.62 bits per heavy atom. The number of halogens is 1. The van der Waals surface area contributed by atoms with Gasteiger partial charge in [-0.05, 0) is 37.5 Å². The minimum Gasteiger partial charge on any atom is -0.268 e. The monoisotopic (exact) mass is 375 g/mol. The maximum Gasteiger partial charge on any atom is 0.264 e. The molecule has 118 valence electrons. The highest BCUT2D eigenvalue weighted by atomic mass is 79.9. The Bertz CT molecular complexity index is 625. The molecule has 2 saturated carbocycles. The first kappa shape index (κ1) is 15.5. The predicted octanol–water partition coefficient (Wildman–Crippen LogP) is 2.69. The average molecular weight is 376 g/mol. The Kier molecular flexibility index (Phi) is 3.38. The molecule has 0 N–H and O–H groups in total. The van der Waals surface area contributed by atoms with Crippen molar-refractivity contribution in [3.8, 4) is 0 Å². The van der Waals surface area contributed by atoms with E-state index in [1.54, 1.807) is 13.0 Å². The molecule has 0 aromatic heterocycles. The van der Waals surface area contributed by atoms with Gasteiger partial charge in [0.05, 0.1) is 11.8 Å². The molecule has 1 saturated heterocycles. The highest BCUT2D eigenvalue weighted by molar-refractivity contribution is 9.09. The van der Waals surface area contributed by atoms with Crippen LogP contribution in [0.2, 0.25) is 0 Å². The van der Waals surface area contributed by atoms with Gasteiger partial charge in [0, 0.05) is 16.3 Å². The summed E-state index contributed by atoms with van der Waals surface area (Å²) in [6.07, 6.45) is 4.56. The number of carbonyl (C=O) groups is 1. The number of sulfonamides is 1. The number of hydrogen-bond acceptors (Lipinski definition) is 3. The quantitative estimate of drug-likeness (QED) is 0.550. The van der Waals surface area contributed by atoms with Crippen molar-refractivity contribution in [1.29, 1.82) is 0 Å². The van der Waals surface area contributed by atoms with Crippen molar-refractivity contribution in [3.63, 3.8) is 0 Å². The second-order valence-corrected chi connectivity index (χ2v) is 9.58. The van der Waals surface area contributed by atoms with Crippen LogP contribution in [0, 0.1) is 16.7 Å². The van der Waals surface area contributed by atoms with Crippen LogP contribution in [-0.4, -0.2) is 35.8 Å². The summed E-state index contributed by atoms with van der Waals surface area (Å²) >= 11 is 3.28. The summed E-state index contributed by atoms with van der Waals surface area (Å²) < 4.78 is 26.6. The smallest absolute Gasteiger partial charge is 0.264 e. The Labute approximate surface area is 135 Å². The summed E-state index contributed by atoms with van der Waals surface area (Å²) in [6.45, 7) is 6.15. The van der Waals surface area contributed by atoms with Gasteiger partial charge in [0.2, 0.25) is 10.0 Å². The van der Waals surface area contributed by atoms with Gasteiger partial charge in [0.15, 0.2) is 0 Å². The maximum atomic E-state index is 12.7. The summed E-state index contributed by atoms with van der Waals surface area (Å²) in [5.74, 6) is 0.338. The minimum absolute atomic E-state index is 0.00423. The van der Waals surface area contributed by atoms with Crippen LogP contribution in [0.1, 0.15) is 40.0 Å². The van der Waals surface area contributed by atoms with Gasteiger partial charge < -0.3 is 0 Å². The van der Waals surface area contributed by atoms with E-state index in [4.69, 9.17) is 0 Å². The highest BCUT2D eigenvalue weighted by Crippen LogP contribution is 2.70. The van der Waals surface area contributed by atoms with Crippen LogP contribution in [0.25, 0.3) is 0 Å². The van der Waals surface area contributed by atoms with Crippen LogP contribution in [0.4, 0.5) is 0 Å². The minimum atomic E-state index is -3.50. The number of amides is 1. The van der Waals surface area contributed by atoms with Gasteiger partial charge in [-0.1, -0.05) is 35.9 Å². The van der Waals surface area contributed by atoms with Crippen LogP contribution < -0.4 is 0 Å². The molecule has 1 amide bonds. The lowest BCUT2D eigenvalue weighted by atomic mass is 9.69. The fourth-order valence-electron chi connectivity index (χ4n) is 4.96. The summed E-state index contributed by atoms with van der Waals surface area (Å²) in [5, 5.41) is 0.390. The zero-order valence-corrected chi connectivity index (χ0v) is 15.1. The van der Waals surface area contributed by atoms with Crippen molar-refractivity contribution in [3.05, 3.63) is 11.6 Å². The number of nitrogens with zero attached hydrogens (tertiary/aromatic N) is 1. The SMILES string of the molecule is C/C=C(\CBr)C(=O)N1[C@H]2C[C@@H]3CC[C@@]2(CS1(=O)=O)C3(C)C. The summed E-state index contributed by atoms with van der Waals surface area (Å²) in [5.41, 5.74) is 0.290. The van der Waals surface area contributed by atoms with E-state index in [0.717, 1.165) is 19.3 Å². The molecule has 2 aliphatic carbocycles. The van der Waals surface area contributed by atoms with Gasteiger partial charge in [-0.2, -0.15) is 0 Å². The standard InChI is InChI=1S/C15H22BrNO3S/c1-4-10(8-16)13(18)17-12-7-11-5-6-15(12,14(11,2)3)9-21(17,19)20/h4,11-12H,5-9H2,1-3H3/b10-4+/t11-,12-,15-/m0/s1. The molecular formula is C15H22BrNO3S. The van der Waals surface area contributed by atoms with Crippen LogP contribution in [0.15, 0.2) is 11.6 Å². The van der Waals surface area contributed by atoms with E-state index in [1.807, 2.05) is 0 Å². The number of rotatable bonds is 2. The number of carbonyl (C=O) groups excluding carboxylic acids is 1. The number of hydrogen-bond donors (Lipinski definition) is 0. The van der Waals surface area contributed by atoms with Gasteiger partial charge >= 0.3 is 0 Å². The molecule has 1 aliphatic heterocycles. The van der Waals surface area contributed by atoms with Crippen molar-refractivity contribution in [2.24, 2.45) is 16.7 Å². The van der Waals surface area contributed by atoms with Crippen molar-refractivity contribution >= 4 is 31.9 Å². The van der Waals surface area contributed by atoms with Gasteiger partial charge in [-0.25, -0.2) is 12.7 Å². The van der Waals surface area contributed by atoms with Gasteiger partial charge in [0.1, 0.15) is 0 Å². The van der Waals surface area contributed by atoms with E-state index < -0.39 is 10.0 Å². The van der Waals surface area contributed by atoms with Gasteiger partial charge in [-0.3, -0.25) is 4.79 Å². The molecule has 0 unspecified atom stereocenters. The predicted molar refractivity (Wildman–Crippen MR) is 85.5 cm³/mol. The van der Waals surface area contributed by atoms with Crippen molar-refractivity contribution in [2.75, 3.05) is 11.1 Å². The van der Waals surface area contributed by atoms with E-state index in [9.17, 15) is 13.2 Å². The lowest BCUT2D eigenvalue weighted by molar-refractivity contribution is -0.125. The zero-order chi connectivity index (χ0) is 15.6. The first-order valence-corrected chi connectivity index (χ1v) is 10.2. The van der Waals surface area contributed by atoms with Crippen molar-refractivity contribution < 1.29 is 13.2 Å². The van der Waals surface area contributed by atoms with Gasteiger partial charge in [-0.15, -0.1) is 0 Å². The highest BCUT2D eigenvalue weighted by Gasteiger charge is 2.72. The number of fused-ring (bicyclic) bond motifs is 1. The largest absolute Gasteiger partial charge is 0.268 e. The summed E-state index contributed by atoms with van der Waals surface area (Å²) in [6, 6.07) is -0.141. The molecule has 0 radical (unpaired) electrons. The molecule has 21 heavy (non-hydrogen) atoms. The zero-order valence-electron chi connectivity index (χ0n) is 12.7. The lowest BCUT2D eigenvalue weighted by Crippen LogP contribution is -2.44. The molecule has 2 bridgehead atoms. The van der Waals surface area contributed by atoms with Crippen LogP contribution >= 0.6 is 15.9 Å². The van der Waals surface area contributed by atoms with Gasteiger partial charge in [0.25, 0.3) is 5.91 Å². The van der Waals surface area contributed by atoms with E-state index >= 15 is 0 Å². The molecule has 3 fully saturated rings. The fraction of sp³-hybridized carbons (Fsp3) is 0.800. The van der Waals surface area contributed by atoms with Crippen molar-refractivity contribution in [2.45, 2.75) is 46.1 Å². The first-order chi connectivity index (χ1) is 9.71. The van der Waals surface area contributed by atoms with E-state index in [-0.39, 0.29) is 28.5 Å². The third-order valence-corrected chi connectivity index (χ3v) is 8.88. The molecule has 3 atom stereocenters. The molecule has 0 aromatic rings. The Morgan fingerprint density at radius 1 is 1.43 bits per heavy atom. The molecule has 1 heterocycles. The number of alkyl halides is 1. The third-order valence-electron chi connectivity index (χ3n) is 6.38. The van der Waals surface area contributed by atoms with E-state index in [2.05, 4.69) is 29.8 Å². The molecule has 6 heteroatoms. The number of allylic oxidation sites excluding steroid dienone is 1. The van der Waals surface area contributed by atoms with Crippen LogP contribution in [0.3, 0.4) is 0 Å². The fourth-order valence-corrected chi connectivity index (χ4v) is 8.06. The summed E-state index contributed by atoms with van der Waals surface area (Å²) in [4.78, 5) is 12.7. The Hall–Kier alpha value is -0.360.